The first-order chi connectivity index (χ1) is 8.51. The highest BCUT2D eigenvalue weighted by Gasteiger charge is 2.29. The molecule has 0 saturated carbocycles. The van der Waals surface area contributed by atoms with Gasteiger partial charge in [0.15, 0.2) is 11.0 Å². The fraction of sp³-hybridized carbons (Fsp3) is 0.600. The molecule has 0 spiro atoms. The van der Waals surface area contributed by atoms with Crippen LogP contribution in [0.2, 0.25) is 0 Å². The number of hydrogen-bond donors (Lipinski definition) is 2. The average molecular weight is 294 g/mol. The fourth-order valence-corrected chi connectivity index (χ4v) is 2.81. The Morgan fingerprint density at radius 1 is 1.67 bits per heavy atom. The lowest BCUT2D eigenvalue weighted by molar-refractivity contribution is -0.120. The average Bonchev–Trinajstić information content (AvgIpc) is 2.28. The summed E-state index contributed by atoms with van der Waals surface area (Å²) in [7, 11) is -1.59. The van der Waals surface area contributed by atoms with Gasteiger partial charge in [-0.05, 0) is 12.8 Å². The number of amides is 3. The molecule has 0 aromatic heterocycles. The minimum atomic E-state index is -1.59. The van der Waals surface area contributed by atoms with Crippen molar-refractivity contribution in [1.29, 1.82) is 0 Å². The van der Waals surface area contributed by atoms with E-state index in [-0.39, 0.29) is 0 Å². The normalized spacial score (nSPS) is 21.2. The topological polar surface area (TPSA) is 92.5 Å². The lowest BCUT2D eigenvalue weighted by atomic mass is 10.0. The Morgan fingerprint density at radius 2 is 2.33 bits per heavy atom. The second kappa shape index (κ2) is 6.75. The molecule has 6 nitrogen and oxygen atoms in total. The van der Waals surface area contributed by atoms with E-state index in [4.69, 9.17) is 17.3 Å². The second-order valence-electron chi connectivity index (χ2n) is 3.79. The molecule has 1 heterocycles. The van der Waals surface area contributed by atoms with E-state index in [2.05, 4.69) is 5.32 Å². The first-order valence-electron chi connectivity index (χ1n) is 5.57. The van der Waals surface area contributed by atoms with Crippen LogP contribution in [0.3, 0.4) is 0 Å². The van der Waals surface area contributed by atoms with Crippen LogP contribution < -0.4 is 11.1 Å². The molecule has 8 heteroatoms. The van der Waals surface area contributed by atoms with Gasteiger partial charge in [0.25, 0.3) is 0 Å². The number of nitrogens with zero attached hydrogens (tertiary/aromatic N) is 1. The Kier molecular flexibility index (Phi) is 5.61. The highest BCUT2D eigenvalue weighted by atomic mass is 35.5. The fourth-order valence-electron chi connectivity index (χ4n) is 1.61. The van der Waals surface area contributed by atoms with Gasteiger partial charge in [-0.3, -0.25) is 4.79 Å². The quantitative estimate of drug-likeness (QED) is 0.705. The maximum Gasteiger partial charge on any atom is 0.333 e. The maximum absolute atomic E-state index is 11.9. The SMILES string of the molecule is CCC(C(N)=O)C1=CS(=O)N(CCCCl)C(=O)N1. The molecule has 0 aromatic carbocycles. The number of urea groups is 1. The standard InChI is InChI=1S/C10H16ClN3O3S/c1-2-7(9(12)15)8-6-18(17)14(5-3-4-11)10(16)13-8/h6-7H,2-5H2,1H3,(H2,12,15)(H,13,16). The van der Waals surface area contributed by atoms with Crippen molar-refractivity contribution < 1.29 is 13.8 Å². The molecule has 1 aliphatic rings. The third-order valence-corrected chi connectivity index (χ3v) is 4.05. The van der Waals surface area contributed by atoms with Crippen molar-refractivity contribution >= 4 is 34.5 Å². The third kappa shape index (κ3) is 3.46. The predicted octanol–water partition coefficient (Wildman–Crippen LogP) is 0.657. The minimum absolute atomic E-state index is 0.305. The van der Waals surface area contributed by atoms with Gasteiger partial charge in [0, 0.05) is 23.5 Å². The van der Waals surface area contributed by atoms with Crippen LogP contribution in [0.4, 0.5) is 4.79 Å². The van der Waals surface area contributed by atoms with E-state index in [0.29, 0.717) is 31.0 Å². The lowest BCUT2D eigenvalue weighted by Crippen LogP contribution is -2.47. The van der Waals surface area contributed by atoms with Crippen molar-refractivity contribution in [2.75, 3.05) is 12.4 Å². The van der Waals surface area contributed by atoms with Gasteiger partial charge in [-0.1, -0.05) is 6.92 Å². The Morgan fingerprint density at radius 3 is 2.78 bits per heavy atom. The van der Waals surface area contributed by atoms with Crippen LogP contribution in [0.15, 0.2) is 11.1 Å². The number of alkyl halides is 1. The summed E-state index contributed by atoms with van der Waals surface area (Å²) in [4.78, 5) is 22.9. The molecule has 3 amide bonds. The molecule has 18 heavy (non-hydrogen) atoms. The monoisotopic (exact) mass is 293 g/mol. The number of rotatable bonds is 6. The number of nitrogens with two attached hydrogens (primary N) is 1. The molecule has 0 bridgehead atoms. The molecule has 1 rings (SSSR count). The third-order valence-electron chi connectivity index (χ3n) is 2.54. The van der Waals surface area contributed by atoms with Crippen LogP contribution in [0.5, 0.6) is 0 Å². The van der Waals surface area contributed by atoms with E-state index < -0.39 is 28.8 Å². The summed E-state index contributed by atoms with van der Waals surface area (Å²) < 4.78 is 13.0. The summed E-state index contributed by atoms with van der Waals surface area (Å²) >= 11 is 5.53. The van der Waals surface area contributed by atoms with Crippen LogP contribution in [-0.2, 0) is 15.8 Å². The Bertz CT molecular complexity index is 400. The molecular weight excluding hydrogens is 278 g/mol. The number of primary amides is 1. The second-order valence-corrected chi connectivity index (χ2v) is 5.39. The van der Waals surface area contributed by atoms with Gasteiger partial charge in [-0.25, -0.2) is 13.3 Å². The van der Waals surface area contributed by atoms with Crippen LogP contribution >= 0.6 is 11.6 Å². The van der Waals surface area contributed by atoms with Gasteiger partial charge >= 0.3 is 6.03 Å². The lowest BCUT2D eigenvalue weighted by Gasteiger charge is -2.27. The highest BCUT2D eigenvalue weighted by Crippen LogP contribution is 2.18. The Hall–Kier alpha value is -1.08. The zero-order valence-corrected chi connectivity index (χ0v) is 11.6. The van der Waals surface area contributed by atoms with E-state index in [0.717, 1.165) is 0 Å². The number of carbonyl (C=O) groups is 2. The number of nitrogens with one attached hydrogen (secondary N) is 1. The van der Waals surface area contributed by atoms with Crippen molar-refractivity contribution in [2.24, 2.45) is 11.7 Å². The van der Waals surface area contributed by atoms with Crippen molar-refractivity contribution in [3.63, 3.8) is 0 Å². The summed E-state index contributed by atoms with van der Waals surface area (Å²) in [5, 5.41) is 3.90. The molecule has 0 aromatic rings. The van der Waals surface area contributed by atoms with Gasteiger partial charge in [0.1, 0.15) is 0 Å². The Labute approximate surface area is 113 Å². The minimum Gasteiger partial charge on any atom is -0.369 e. The zero-order chi connectivity index (χ0) is 13.7. The van der Waals surface area contributed by atoms with Crippen molar-refractivity contribution in [3.05, 3.63) is 11.1 Å². The van der Waals surface area contributed by atoms with Gasteiger partial charge in [0.2, 0.25) is 5.91 Å². The predicted molar refractivity (Wildman–Crippen MR) is 69.8 cm³/mol. The van der Waals surface area contributed by atoms with Crippen molar-refractivity contribution in [1.82, 2.24) is 9.62 Å². The van der Waals surface area contributed by atoms with Gasteiger partial charge < -0.3 is 11.1 Å². The Balaban J connectivity index is 2.85. The smallest absolute Gasteiger partial charge is 0.333 e. The summed E-state index contributed by atoms with van der Waals surface area (Å²) in [5.41, 5.74) is 5.54. The molecule has 0 saturated heterocycles. The van der Waals surface area contributed by atoms with E-state index in [9.17, 15) is 13.8 Å². The largest absolute Gasteiger partial charge is 0.369 e. The van der Waals surface area contributed by atoms with Crippen LogP contribution in [0, 0.1) is 5.92 Å². The first-order valence-corrected chi connectivity index (χ1v) is 7.27. The molecule has 0 radical (unpaired) electrons. The molecule has 2 unspecified atom stereocenters. The molecule has 0 fully saturated rings. The summed E-state index contributed by atoms with van der Waals surface area (Å²) in [6.45, 7) is 2.07. The summed E-state index contributed by atoms with van der Waals surface area (Å²) in [5.74, 6) is -0.778. The van der Waals surface area contributed by atoms with Crippen LogP contribution in [-0.4, -0.2) is 32.9 Å². The van der Waals surface area contributed by atoms with Gasteiger partial charge in [-0.2, -0.15) is 0 Å². The molecule has 2 atom stereocenters. The van der Waals surface area contributed by atoms with E-state index in [1.165, 1.54) is 9.71 Å². The maximum atomic E-state index is 11.9. The number of hydrogen-bond acceptors (Lipinski definition) is 3. The molecule has 102 valence electrons. The van der Waals surface area contributed by atoms with Crippen LogP contribution in [0.25, 0.3) is 0 Å². The summed E-state index contributed by atoms with van der Waals surface area (Å²) in [6, 6.07) is -0.490. The van der Waals surface area contributed by atoms with Gasteiger partial charge in [-0.15, -0.1) is 11.6 Å². The summed E-state index contributed by atoms with van der Waals surface area (Å²) in [6.07, 6.45) is 0.997. The molecule has 1 aliphatic heterocycles. The highest BCUT2D eigenvalue weighted by molar-refractivity contribution is 7.86. The molecule has 0 aliphatic carbocycles. The van der Waals surface area contributed by atoms with E-state index in [1.807, 2.05) is 0 Å². The van der Waals surface area contributed by atoms with Crippen molar-refractivity contribution in [2.45, 2.75) is 19.8 Å². The van der Waals surface area contributed by atoms with E-state index >= 15 is 0 Å². The van der Waals surface area contributed by atoms with Gasteiger partial charge in [0.05, 0.1) is 5.92 Å². The van der Waals surface area contributed by atoms with Crippen LogP contribution in [0.1, 0.15) is 19.8 Å². The number of carbonyl (C=O) groups excluding carboxylic acids is 2. The number of halogens is 1. The van der Waals surface area contributed by atoms with E-state index in [1.54, 1.807) is 6.92 Å². The molecule has 3 N–H and O–H groups in total. The molecular formula is C10H16ClN3O3S. The zero-order valence-electron chi connectivity index (χ0n) is 10.0. The van der Waals surface area contributed by atoms with Crippen molar-refractivity contribution in [3.8, 4) is 0 Å². The first kappa shape index (κ1) is 15.0.